The van der Waals surface area contributed by atoms with E-state index >= 15 is 0 Å². The molecule has 0 saturated heterocycles. The Balaban J connectivity index is 0.000000243. The second kappa shape index (κ2) is 14.2. The number of aliphatic hydroxyl groups is 1. The van der Waals surface area contributed by atoms with Crippen LogP contribution in [-0.4, -0.2) is 20.9 Å². The number of hydrogen-bond donors (Lipinski definition) is 1. The topological polar surface area (TPSA) is 76.2 Å². The van der Waals surface area contributed by atoms with Crippen LogP contribution in [-0.2, 0) is 24.9 Å². The van der Waals surface area contributed by atoms with E-state index in [1.165, 1.54) is 21.0 Å². The zero-order valence-corrected chi connectivity index (χ0v) is 27.2. The van der Waals surface area contributed by atoms with E-state index in [-0.39, 0.29) is 43.5 Å². The van der Waals surface area contributed by atoms with Crippen LogP contribution < -0.4 is 0 Å². The molecule has 1 N–H and O–H groups in total. The molecule has 7 heteroatoms. The summed E-state index contributed by atoms with van der Waals surface area (Å²) < 4.78 is 7.27. The molecule has 0 aliphatic heterocycles. The van der Waals surface area contributed by atoms with Crippen molar-refractivity contribution in [2.75, 3.05) is 0 Å². The number of allylic oxidation sites excluding steroid dienone is 2. The third kappa shape index (κ3) is 6.71. The van der Waals surface area contributed by atoms with E-state index in [1.807, 2.05) is 65.1 Å². The van der Waals surface area contributed by atoms with Crippen molar-refractivity contribution in [1.29, 1.82) is 0 Å². The number of aryl methyl sites for hydroxylation is 2. The number of furan rings is 1. The minimum atomic E-state index is 0. The number of benzene rings is 1. The Morgan fingerprint density at radius 1 is 1.02 bits per heavy atom. The Kier molecular flexibility index (Phi) is 11.2. The maximum Gasteiger partial charge on any atom is 0.216 e. The Labute approximate surface area is 254 Å². The van der Waals surface area contributed by atoms with Crippen LogP contribution in [0.3, 0.4) is 0 Å². The molecule has 0 unspecified atom stereocenters. The van der Waals surface area contributed by atoms with Gasteiger partial charge in [0.05, 0.1) is 11.3 Å². The van der Waals surface area contributed by atoms with Gasteiger partial charge in [0.1, 0.15) is 0 Å². The van der Waals surface area contributed by atoms with Crippen molar-refractivity contribution in [1.82, 2.24) is 9.97 Å². The molecule has 5 nitrogen and oxygen atoms in total. The summed E-state index contributed by atoms with van der Waals surface area (Å²) in [6.07, 6.45) is 6.75. The number of rotatable bonds is 8. The molecule has 213 valence electrons. The zero-order chi connectivity index (χ0) is 28.1. The maximum absolute atomic E-state index is 11.7. The largest absolute Gasteiger partial charge is 0.512 e. The summed E-state index contributed by atoms with van der Waals surface area (Å²) >= 11 is 1.75. The number of aromatic nitrogens is 2. The van der Waals surface area contributed by atoms with Crippen molar-refractivity contribution in [3.8, 4) is 11.3 Å². The van der Waals surface area contributed by atoms with Gasteiger partial charge in [-0.25, -0.2) is 4.98 Å². The normalized spacial score (nSPS) is 11.8. The summed E-state index contributed by atoms with van der Waals surface area (Å²) in [5.74, 6) is 0.547. The van der Waals surface area contributed by atoms with Gasteiger partial charge in [0.2, 0.25) is 5.71 Å². The molecule has 0 saturated carbocycles. The fraction of sp³-hybridized carbons (Fsp3) is 0.364. The van der Waals surface area contributed by atoms with Crippen molar-refractivity contribution < 1.29 is 34.4 Å². The number of pyridine rings is 2. The van der Waals surface area contributed by atoms with E-state index < -0.39 is 0 Å². The average Bonchev–Trinajstić information content (AvgIpc) is 3.49. The molecule has 0 spiro atoms. The quantitative estimate of drug-likeness (QED) is 0.0977. The van der Waals surface area contributed by atoms with Crippen LogP contribution in [0.1, 0.15) is 63.9 Å². The van der Waals surface area contributed by atoms with Crippen molar-refractivity contribution in [3.63, 3.8) is 0 Å². The molecule has 0 fully saturated rings. The number of fused-ring (bicyclic) bond motifs is 4. The summed E-state index contributed by atoms with van der Waals surface area (Å²) in [7, 11) is 0. The minimum absolute atomic E-state index is 0. The molecule has 0 bridgehead atoms. The number of ketones is 1. The second-order valence-corrected chi connectivity index (χ2v) is 11.2. The fourth-order valence-electron chi connectivity index (χ4n) is 4.94. The number of hydrogen-bond acceptors (Lipinski definition) is 6. The summed E-state index contributed by atoms with van der Waals surface area (Å²) in [4.78, 5) is 22.1. The van der Waals surface area contributed by atoms with Gasteiger partial charge in [-0.15, -0.1) is 29.5 Å². The number of nitrogens with zero attached hydrogens (tertiary/aromatic N) is 2. The summed E-state index contributed by atoms with van der Waals surface area (Å²) in [5, 5.41) is 13.0. The first kappa shape index (κ1) is 31.7. The SMILES string of the molecule is CCC(CC)C(=O)/C=C(\O)C(CC)CC.Cc1ccc2c(n1)oc1c(-c3nccc4cc(C)sc34)[c-]ccc12.[Ir]. The van der Waals surface area contributed by atoms with Crippen molar-refractivity contribution in [2.24, 2.45) is 11.8 Å². The van der Waals surface area contributed by atoms with Crippen LogP contribution >= 0.6 is 11.3 Å². The first-order valence-corrected chi connectivity index (χ1v) is 14.6. The maximum atomic E-state index is 11.7. The van der Waals surface area contributed by atoms with Crippen LogP contribution in [0.2, 0.25) is 0 Å². The molecule has 1 radical (unpaired) electrons. The third-order valence-corrected chi connectivity index (χ3v) is 8.39. The van der Waals surface area contributed by atoms with Gasteiger partial charge in [0, 0.05) is 70.6 Å². The zero-order valence-electron chi connectivity index (χ0n) is 24.0. The first-order chi connectivity index (χ1) is 18.8. The molecule has 4 heterocycles. The van der Waals surface area contributed by atoms with Crippen LogP contribution in [0.4, 0.5) is 0 Å². The van der Waals surface area contributed by atoms with E-state index in [0.29, 0.717) is 5.71 Å². The van der Waals surface area contributed by atoms with E-state index in [0.717, 1.165) is 59.0 Å². The van der Waals surface area contributed by atoms with Gasteiger partial charge in [-0.2, -0.15) is 0 Å². The first-order valence-electron chi connectivity index (χ1n) is 13.8. The van der Waals surface area contributed by atoms with E-state index in [1.54, 1.807) is 11.3 Å². The molecular weight excluding hydrogens is 697 g/mol. The summed E-state index contributed by atoms with van der Waals surface area (Å²) in [5.41, 5.74) is 4.24. The molecule has 5 rings (SSSR count). The van der Waals surface area contributed by atoms with Crippen LogP contribution in [0.25, 0.3) is 43.4 Å². The van der Waals surface area contributed by atoms with Gasteiger partial charge >= 0.3 is 0 Å². The molecule has 0 aliphatic rings. The van der Waals surface area contributed by atoms with E-state index in [4.69, 9.17) is 4.42 Å². The van der Waals surface area contributed by atoms with Crippen molar-refractivity contribution >= 4 is 49.3 Å². The molecular formula is C33H37IrN2O3S-. The molecule has 4 aromatic heterocycles. The van der Waals surface area contributed by atoms with E-state index in [9.17, 15) is 9.90 Å². The van der Waals surface area contributed by atoms with Crippen LogP contribution in [0.5, 0.6) is 0 Å². The minimum Gasteiger partial charge on any atom is -0.512 e. The third-order valence-electron chi connectivity index (χ3n) is 7.31. The average molecular weight is 734 g/mol. The second-order valence-electron chi connectivity index (χ2n) is 9.94. The van der Waals surface area contributed by atoms with Crippen molar-refractivity contribution in [2.45, 2.75) is 67.2 Å². The molecule has 0 aliphatic carbocycles. The molecule has 1 aromatic carbocycles. The van der Waals surface area contributed by atoms with Crippen LogP contribution in [0.15, 0.2) is 58.8 Å². The summed E-state index contributed by atoms with van der Waals surface area (Å²) in [6, 6.07) is 15.6. The van der Waals surface area contributed by atoms with Gasteiger partial charge in [-0.1, -0.05) is 38.6 Å². The Hall–Kier alpha value is -2.86. The van der Waals surface area contributed by atoms with E-state index in [2.05, 4.69) is 35.1 Å². The molecule has 40 heavy (non-hydrogen) atoms. The number of aliphatic hydroxyl groups excluding tert-OH is 1. The molecule has 5 aromatic rings. The van der Waals surface area contributed by atoms with Gasteiger partial charge in [-0.05, 0) is 69.2 Å². The summed E-state index contributed by atoms with van der Waals surface area (Å²) in [6.45, 7) is 12.2. The molecule has 0 amide bonds. The van der Waals surface area contributed by atoms with Gasteiger partial charge in [0.25, 0.3) is 0 Å². The van der Waals surface area contributed by atoms with Gasteiger partial charge < -0.3 is 14.5 Å². The Bertz CT molecular complexity index is 1630. The number of carbonyl (C=O) groups excluding carboxylic acids is 1. The predicted molar refractivity (Wildman–Crippen MR) is 162 cm³/mol. The monoisotopic (exact) mass is 734 g/mol. The predicted octanol–water partition coefficient (Wildman–Crippen LogP) is 9.54. The van der Waals surface area contributed by atoms with Gasteiger partial charge in [-0.3, -0.25) is 4.79 Å². The Morgan fingerprint density at radius 3 is 2.40 bits per heavy atom. The van der Waals surface area contributed by atoms with Crippen LogP contribution in [0, 0.1) is 31.7 Å². The smallest absolute Gasteiger partial charge is 0.216 e. The standard InChI is InChI=1S/C20H13N2OS.C13H24O2.Ir/c1-11-6-7-15-14-4-3-5-16(18(14)23-20(15)22-11)17-19-13(8-9-21-17)10-12(2)24-19;1-5-10(6-2)12(14)9-13(15)11(7-3)8-4;/h3-4,6-10H,1-2H3;9-11,14H,5-8H2,1-4H3;/q-1;;/b;12-9-;. The fourth-order valence-corrected chi connectivity index (χ4v) is 5.95. The molecule has 0 atom stereocenters. The van der Waals surface area contributed by atoms with Gasteiger partial charge in [0.15, 0.2) is 5.78 Å². The van der Waals surface area contributed by atoms with Crippen molar-refractivity contribution in [3.05, 3.63) is 71.1 Å². The Morgan fingerprint density at radius 2 is 1.73 bits per heavy atom. The number of thiophene rings is 1. The number of carbonyl (C=O) groups is 1.